The van der Waals surface area contributed by atoms with Gasteiger partial charge in [0.2, 0.25) is 0 Å². The molecule has 0 saturated heterocycles. The summed E-state index contributed by atoms with van der Waals surface area (Å²) in [7, 11) is 0. The third-order valence-electron chi connectivity index (χ3n) is 2.68. The molecule has 0 atom stereocenters. The fraction of sp³-hybridized carbons (Fsp3) is 0.200. The van der Waals surface area contributed by atoms with Crippen LogP contribution in [0.25, 0.3) is 0 Å². The zero-order valence-corrected chi connectivity index (χ0v) is 10.2. The predicted molar refractivity (Wildman–Crippen MR) is 68.6 cm³/mol. The minimum atomic E-state index is -3.01. The second-order valence-corrected chi connectivity index (χ2v) is 4.12. The molecule has 19 heavy (non-hydrogen) atoms. The van der Waals surface area contributed by atoms with Gasteiger partial charge in [-0.15, -0.1) is 0 Å². The number of halogens is 2. The summed E-state index contributed by atoms with van der Waals surface area (Å²) in [4.78, 5) is 0. The fourth-order valence-corrected chi connectivity index (χ4v) is 1.68. The maximum Gasteiger partial charge on any atom is 0.275 e. The molecule has 4 heteroatoms. The van der Waals surface area contributed by atoms with E-state index in [1.54, 1.807) is 12.1 Å². The minimum absolute atomic E-state index is 0.123. The van der Waals surface area contributed by atoms with Crippen LogP contribution in [0.1, 0.15) is 12.0 Å². The number of rotatable bonds is 5. The van der Waals surface area contributed by atoms with Gasteiger partial charge >= 0.3 is 0 Å². The average molecular weight is 264 g/mol. The highest BCUT2D eigenvalue weighted by Gasteiger charge is 2.30. The third kappa shape index (κ3) is 3.51. The van der Waals surface area contributed by atoms with Crippen LogP contribution >= 0.6 is 0 Å². The van der Waals surface area contributed by atoms with E-state index in [4.69, 9.17) is 9.84 Å². The van der Waals surface area contributed by atoms with Crippen LogP contribution in [0, 0.1) is 0 Å². The molecule has 0 saturated carbocycles. The molecule has 0 bridgehead atoms. The number of para-hydroxylation sites is 1. The number of aliphatic hydroxyl groups excluding tert-OH is 1. The predicted octanol–water partition coefficient (Wildman–Crippen LogP) is 3.95. The summed E-state index contributed by atoms with van der Waals surface area (Å²) in [5.41, 5.74) is -0.123. The Morgan fingerprint density at radius 2 is 1.47 bits per heavy atom. The summed E-state index contributed by atoms with van der Waals surface area (Å²) in [6.07, 6.45) is -0.577. The number of hydrogen-bond donors (Lipinski definition) is 1. The Labute approximate surface area is 110 Å². The molecule has 1 N–H and O–H groups in total. The lowest BCUT2D eigenvalue weighted by molar-refractivity contribution is -0.0269. The van der Waals surface area contributed by atoms with E-state index in [0.717, 1.165) is 0 Å². The summed E-state index contributed by atoms with van der Waals surface area (Å²) >= 11 is 0. The molecule has 2 aromatic carbocycles. The van der Waals surface area contributed by atoms with Crippen LogP contribution in [0.3, 0.4) is 0 Å². The van der Waals surface area contributed by atoms with Crippen LogP contribution in [-0.2, 0) is 5.92 Å². The third-order valence-corrected chi connectivity index (χ3v) is 2.68. The first-order valence-electron chi connectivity index (χ1n) is 5.94. The van der Waals surface area contributed by atoms with Crippen LogP contribution < -0.4 is 4.74 Å². The number of alkyl halides is 2. The van der Waals surface area contributed by atoms with Gasteiger partial charge in [-0.25, -0.2) is 8.78 Å². The van der Waals surface area contributed by atoms with Gasteiger partial charge in [0.15, 0.2) is 0 Å². The molecule has 0 heterocycles. The van der Waals surface area contributed by atoms with Crippen molar-refractivity contribution in [3.8, 4) is 11.5 Å². The Morgan fingerprint density at radius 3 is 2.05 bits per heavy atom. The highest BCUT2D eigenvalue weighted by Crippen LogP contribution is 2.32. The molecule has 0 aliphatic carbocycles. The van der Waals surface area contributed by atoms with Crippen molar-refractivity contribution in [2.24, 2.45) is 0 Å². The molecule has 0 fully saturated rings. The second-order valence-electron chi connectivity index (χ2n) is 4.12. The quantitative estimate of drug-likeness (QED) is 0.886. The molecule has 0 unspecified atom stereocenters. The van der Waals surface area contributed by atoms with Crippen molar-refractivity contribution in [2.75, 3.05) is 6.61 Å². The standard InChI is InChI=1S/C15H14F2O2/c16-15(17,10-11-18)12-6-8-14(9-7-12)19-13-4-2-1-3-5-13/h1-9,18H,10-11H2. The van der Waals surface area contributed by atoms with E-state index in [1.165, 1.54) is 24.3 Å². The maximum absolute atomic E-state index is 13.5. The summed E-state index contributed by atoms with van der Waals surface area (Å²) in [5, 5.41) is 8.61. The van der Waals surface area contributed by atoms with Crippen LogP contribution in [-0.4, -0.2) is 11.7 Å². The largest absolute Gasteiger partial charge is 0.457 e. The van der Waals surface area contributed by atoms with Gasteiger partial charge in [-0.2, -0.15) is 0 Å². The van der Waals surface area contributed by atoms with Crippen LogP contribution in [0.2, 0.25) is 0 Å². The highest BCUT2D eigenvalue weighted by atomic mass is 19.3. The summed E-state index contributed by atoms with van der Waals surface area (Å²) in [5.74, 6) is -1.87. The van der Waals surface area contributed by atoms with E-state index in [0.29, 0.717) is 11.5 Å². The van der Waals surface area contributed by atoms with E-state index in [-0.39, 0.29) is 5.56 Å². The van der Waals surface area contributed by atoms with Gasteiger partial charge in [-0.3, -0.25) is 0 Å². The lowest BCUT2D eigenvalue weighted by Gasteiger charge is -2.15. The van der Waals surface area contributed by atoms with E-state index in [9.17, 15) is 8.78 Å². The molecule has 0 radical (unpaired) electrons. The Balaban J connectivity index is 2.11. The van der Waals surface area contributed by atoms with Crippen LogP contribution in [0.5, 0.6) is 11.5 Å². The molecule has 0 spiro atoms. The molecule has 2 rings (SSSR count). The van der Waals surface area contributed by atoms with Gasteiger partial charge in [0.05, 0.1) is 0 Å². The van der Waals surface area contributed by atoms with Crippen LogP contribution in [0.15, 0.2) is 54.6 Å². The lowest BCUT2D eigenvalue weighted by Crippen LogP contribution is -2.14. The number of aliphatic hydroxyl groups is 1. The summed E-state index contributed by atoms with van der Waals surface area (Å²) < 4.78 is 32.5. The fourth-order valence-electron chi connectivity index (χ4n) is 1.68. The van der Waals surface area contributed by atoms with Crippen molar-refractivity contribution in [1.29, 1.82) is 0 Å². The number of ether oxygens (including phenoxy) is 1. The van der Waals surface area contributed by atoms with Crippen molar-refractivity contribution in [2.45, 2.75) is 12.3 Å². The Bertz CT molecular complexity index is 509. The summed E-state index contributed by atoms with van der Waals surface area (Å²) in [6.45, 7) is -0.546. The van der Waals surface area contributed by atoms with Crippen molar-refractivity contribution < 1.29 is 18.6 Å². The molecule has 2 aromatic rings. The highest BCUT2D eigenvalue weighted by molar-refractivity contribution is 5.34. The smallest absolute Gasteiger partial charge is 0.275 e. The first-order chi connectivity index (χ1) is 9.12. The van der Waals surface area contributed by atoms with E-state index < -0.39 is 19.0 Å². The van der Waals surface area contributed by atoms with E-state index >= 15 is 0 Å². The minimum Gasteiger partial charge on any atom is -0.457 e. The van der Waals surface area contributed by atoms with Gasteiger partial charge in [-0.1, -0.05) is 18.2 Å². The average Bonchev–Trinajstić information content (AvgIpc) is 2.40. The topological polar surface area (TPSA) is 29.5 Å². The molecule has 0 aliphatic heterocycles. The van der Waals surface area contributed by atoms with Crippen molar-refractivity contribution in [3.05, 3.63) is 60.2 Å². The normalized spacial score (nSPS) is 11.3. The van der Waals surface area contributed by atoms with E-state index in [2.05, 4.69) is 0 Å². The first-order valence-corrected chi connectivity index (χ1v) is 5.94. The van der Waals surface area contributed by atoms with Crippen molar-refractivity contribution in [1.82, 2.24) is 0 Å². The van der Waals surface area contributed by atoms with E-state index in [1.807, 2.05) is 18.2 Å². The zero-order valence-electron chi connectivity index (χ0n) is 10.2. The van der Waals surface area contributed by atoms with Gasteiger partial charge < -0.3 is 9.84 Å². The summed E-state index contributed by atoms with van der Waals surface area (Å²) in [6, 6.07) is 14.7. The lowest BCUT2D eigenvalue weighted by atomic mass is 10.1. The molecular formula is C15H14F2O2. The monoisotopic (exact) mass is 264 g/mol. The zero-order chi connectivity index (χ0) is 13.7. The Hall–Kier alpha value is -1.94. The molecule has 0 aliphatic rings. The first kappa shape index (κ1) is 13.5. The molecule has 2 nitrogen and oxygen atoms in total. The number of hydrogen-bond acceptors (Lipinski definition) is 2. The van der Waals surface area contributed by atoms with Crippen molar-refractivity contribution >= 4 is 0 Å². The van der Waals surface area contributed by atoms with Crippen molar-refractivity contribution in [3.63, 3.8) is 0 Å². The Kier molecular flexibility index (Phi) is 4.12. The molecular weight excluding hydrogens is 250 g/mol. The second kappa shape index (κ2) is 5.80. The molecule has 0 amide bonds. The molecule has 100 valence electrons. The van der Waals surface area contributed by atoms with Gasteiger partial charge in [0.25, 0.3) is 5.92 Å². The van der Waals surface area contributed by atoms with Crippen LogP contribution in [0.4, 0.5) is 8.78 Å². The number of benzene rings is 2. The van der Waals surface area contributed by atoms with Gasteiger partial charge in [-0.05, 0) is 36.4 Å². The Morgan fingerprint density at radius 1 is 0.895 bits per heavy atom. The molecule has 0 aromatic heterocycles. The van der Waals surface area contributed by atoms with Gasteiger partial charge in [0.1, 0.15) is 11.5 Å². The van der Waals surface area contributed by atoms with Gasteiger partial charge in [0, 0.05) is 18.6 Å². The maximum atomic E-state index is 13.5. The SMILES string of the molecule is OCCC(F)(F)c1ccc(Oc2ccccc2)cc1.